The van der Waals surface area contributed by atoms with Crippen molar-refractivity contribution in [3.63, 3.8) is 0 Å². The lowest BCUT2D eigenvalue weighted by Gasteiger charge is -2.21. The number of rotatable bonds is 5. The van der Waals surface area contributed by atoms with Gasteiger partial charge < -0.3 is 5.32 Å². The molecule has 2 unspecified atom stereocenters. The molecule has 0 radical (unpaired) electrons. The number of nitrogens with zero attached hydrogens (tertiary/aromatic N) is 2. The zero-order chi connectivity index (χ0) is 15.5. The van der Waals surface area contributed by atoms with E-state index in [1.54, 1.807) is 6.20 Å². The summed E-state index contributed by atoms with van der Waals surface area (Å²) in [6.07, 6.45) is -0.699. The minimum atomic E-state index is -4.29. The number of halogens is 3. The average molecular weight is 297 g/mol. The Morgan fingerprint density at radius 2 is 1.86 bits per heavy atom. The van der Waals surface area contributed by atoms with E-state index in [1.165, 1.54) is 12.1 Å². The normalized spacial score (nSPS) is 14.9. The van der Waals surface area contributed by atoms with Crippen molar-refractivity contribution in [1.29, 1.82) is 0 Å². The number of alkyl halides is 3. The van der Waals surface area contributed by atoms with Crippen LogP contribution in [-0.2, 0) is 12.7 Å². The molecular formula is C15H18F3N3. The van der Waals surface area contributed by atoms with E-state index < -0.39 is 11.7 Å². The van der Waals surface area contributed by atoms with Crippen LogP contribution in [0.4, 0.5) is 13.2 Å². The molecular weight excluding hydrogens is 279 g/mol. The Balaban J connectivity index is 1.95. The molecule has 1 aromatic heterocycles. The summed E-state index contributed by atoms with van der Waals surface area (Å²) in [5.74, 6) is 0. The molecule has 0 saturated carbocycles. The number of aromatic nitrogens is 2. The summed E-state index contributed by atoms with van der Waals surface area (Å²) in [5.41, 5.74) is 0.207. The molecule has 0 spiro atoms. The Morgan fingerprint density at radius 1 is 1.19 bits per heavy atom. The minimum Gasteiger partial charge on any atom is -0.306 e. The molecule has 2 rings (SSSR count). The quantitative estimate of drug-likeness (QED) is 0.913. The first-order chi connectivity index (χ1) is 9.86. The zero-order valence-corrected chi connectivity index (χ0v) is 11.9. The summed E-state index contributed by atoms with van der Waals surface area (Å²) in [4.78, 5) is 0. The molecule has 114 valence electrons. The van der Waals surface area contributed by atoms with Gasteiger partial charge in [-0.15, -0.1) is 0 Å². The SMILES string of the molecule is CC(Cn1cccn1)NC(C)c1ccc(C(F)(F)F)cc1. The van der Waals surface area contributed by atoms with Crippen molar-refractivity contribution in [2.45, 2.75) is 38.7 Å². The summed E-state index contributed by atoms with van der Waals surface area (Å²) in [5, 5.41) is 7.48. The summed E-state index contributed by atoms with van der Waals surface area (Å²) in [6.45, 7) is 4.66. The first kappa shape index (κ1) is 15.6. The summed E-state index contributed by atoms with van der Waals surface area (Å²) in [6, 6.07) is 7.24. The van der Waals surface area contributed by atoms with Crippen LogP contribution >= 0.6 is 0 Å². The second-order valence-electron chi connectivity index (χ2n) is 5.14. The molecule has 0 fully saturated rings. The van der Waals surface area contributed by atoms with Crippen molar-refractivity contribution in [2.24, 2.45) is 0 Å². The molecule has 0 amide bonds. The molecule has 0 aliphatic carbocycles. The van der Waals surface area contributed by atoms with Gasteiger partial charge in [0.25, 0.3) is 0 Å². The van der Waals surface area contributed by atoms with Crippen LogP contribution in [-0.4, -0.2) is 15.8 Å². The number of nitrogens with one attached hydrogen (secondary N) is 1. The highest BCUT2D eigenvalue weighted by atomic mass is 19.4. The monoisotopic (exact) mass is 297 g/mol. The van der Waals surface area contributed by atoms with Gasteiger partial charge in [-0.25, -0.2) is 0 Å². The Morgan fingerprint density at radius 3 is 2.38 bits per heavy atom. The van der Waals surface area contributed by atoms with Crippen molar-refractivity contribution in [1.82, 2.24) is 15.1 Å². The van der Waals surface area contributed by atoms with Crippen molar-refractivity contribution in [3.05, 3.63) is 53.9 Å². The fraction of sp³-hybridized carbons (Fsp3) is 0.400. The molecule has 1 aromatic carbocycles. The maximum absolute atomic E-state index is 12.5. The number of benzene rings is 1. The smallest absolute Gasteiger partial charge is 0.306 e. The lowest BCUT2D eigenvalue weighted by atomic mass is 10.1. The third-order valence-electron chi connectivity index (χ3n) is 3.29. The molecule has 0 aliphatic rings. The van der Waals surface area contributed by atoms with Gasteiger partial charge in [0.05, 0.1) is 12.1 Å². The summed E-state index contributed by atoms with van der Waals surface area (Å²) in [7, 11) is 0. The van der Waals surface area contributed by atoms with Crippen LogP contribution in [0.3, 0.4) is 0 Å². The highest BCUT2D eigenvalue weighted by Crippen LogP contribution is 2.29. The van der Waals surface area contributed by atoms with Gasteiger partial charge in [0.15, 0.2) is 0 Å². The van der Waals surface area contributed by atoms with Crippen LogP contribution in [0.5, 0.6) is 0 Å². The van der Waals surface area contributed by atoms with E-state index >= 15 is 0 Å². The molecule has 2 aromatic rings. The van der Waals surface area contributed by atoms with E-state index in [4.69, 9.17) is 0 Å². The lowest BCUT2D eigenvalue weighted by Crippen LogP contribution is -2.32. The summed E-state index contributed by atoms with van der Waals surface area (Å²) >= 11 is 0. The van der Waals surface area contributed by atoms with E-state index in [9.17, 15) is 13.2 Å². The standard InChI is InChI=1S/C15H18F3N3/c1-11(10-21-9-3-8-19-21)20-12(2)13-4-6-14(7-5-13)15(16,17)18/h3-9,11-12,20H,10H2,1-2H3. The van der Waals surface area contributed by atoms with Gasteiger partial charge in [0.2, 0.25) is 0 Å². The Labute approximate surface area is 121 Å². The predicted molar refractivity (Wildman–Crippen MR) is 74.7 cm³/mol. The third kappa shape index (κ3) is 4.32. The number of hydrogen-bond acceptors (Lipinski definition) is 2. The van der Waals surface area contributed by atoms with Crippen molar-refractivity contribution >= 4 is 0 Å². The van der Waals surface area contributed by atoms with Crippen LogP contribution < -0.4 is 5.32 Å². The predicted octanol–water partition coefficient (Wildman–Crippen LogP) is 3.64. The fourth-order valence-electron chi connectivity index (χ4n) is 2.23. The molecule has 1 heterocycles. The molecule has 1 N–H and O–H groups in total. The highest BCUT2D eigenvalue weighted by Gasteiger charge is 2.30. The van der Waals surface area contributed by atoms with Gasteiger partial charge in [-0.1, -0.05) is 12.1 Å². The average Bonchev–Trinajstić information content (AvgIpc) is 2.90. The zero-order valence-electron chi connectivity index (χ0n) is 11.9. The maximum Gasteiger partial charge on any atom is 0.416 e. The Hall–Kier alpha value is -1.82. The van der Waals surface area contributed by atoms with Crippen LogP contribution in [0.25, 0.3) is 0 Å². The number of hydrogen-bond donors (Lipinski definition) is 1. The Kier molecular flexibility index (Phi) is 4.67. The van der Waals surface area contributed by atoms with Gasteiger partial charge in [0, 0.05) is 24.5 Å². The van der Waals surface area contributed by atoms with E-state index in [1.807, 2.05) is 30.8 Å². The van der Waals surface area contributed by atoms with Crippen molar-refractivity contribution in [3.8, 4) is 0 Å². The van der Waals surface area contributed by atoms with Gasteiger partial charge in [0.1, 0.15) is 0 Å². The van der Waals surface area contributed by atoms with Gasteiger partial charge in [-0.2, -0.15) is 18.3 Å². The van der Waals surface area contributed by atoms with E-state index in [-0.39, 0.29) is 12.1 Å². The molecule has 3 nitrogen and oxygen atoms in total. The molecule has 6 heteroatoms. The topological polar surface area (TPSA) is 29.9 Å². The van der Waals surface area contributed by atoms with Crippen molar-refractivity contribution < 1.29 is 13.2 Å². The maximum atomic E-state index is 12.5. The van der Waals surface area contributed by atoms with Crippen LogP contribution in [0.1, 0.15) is 31.0 Å². The first-order valence-corrected chi connectivity index (χ1v) is 6.77. The van der Waals surface area contributed by atoms with Gasteiger partial charge in [-0.3, -0.25) is 4.68 Å². The van der Waals surface area contributed by atoms with Gasteiger partial charge >= 0.3 is 6.18 Å². The van der Waals surface area contributed by atoms with Gasteiger partial charge in [-0.05, 0) is 37.6 Å². The van der Waals surface area contributed by atoms with Crippen LogP contribution in [0.2, 0.25) is 0 Å². The Bertz CT molecular complexity index is 547. The van der Waals surface area contributed by atoms with E-state index in [0.717, 1.165) is 17.7 Å². The lowest BCUT2D eigenvalue weighted by molar-refractivity contribution is -0.137. The first-order valence-electron chi connectivity index (χ1n) is 6.77. The largest absolute Gasteiger partial charge is 0.416 e. The third-order valence-corrected chi connectivity index (χ3v) is 3.29. The molecule has 2 atom stereocenters. The van der Waals surface area contributed by atoms with Crippen LogP contribution in [0, 0.1) is 0 Å². The second-order valence-corrected chi connectivity index (χ2v) is 5.14. The summed E-state index contributed by atoms with van der Waals surface area (Å²) < 4.78 is 39.4. The second kappa shape index (κ2) is 6.30. The van der Waals surface area contributed by atoms with E-state index in [0.29, 0.717) is 6.54 Å². The minimum absolute atomic E-state index is 0.0298. The molecule has 0 bridgehead atoms. The molecule has 0 aliphatic heterocycles. The van der Waals surface area contributed by atoms with Crippen LogP contribution in [0.15, 0.2) is 42.7 Å². The molecule has 21 heavy (non-hydrogen) atoms. The fourth-order valence-corrected chi connectivity index (χ4v) is 2.23. The molecule has 0 saturated heterocycles. The van der Waals surface area contributed by atoms with Crippen molar-refractivity contribution in [2.75, 3.05) is 0 Å². The van der Waals surface area contributed by atoms with E-state index in [2.05, 4.69) is 10.4 Å². The highest BCUT2D eigenvalue weighted by molar-refractivity contribution is 5.26.